The second kappa shape index (κ2) is 9.81. The third kappa shape index (κ3) is 4.31. The van der Waals surface area contributed by atoms with Gasteiger partial charge in [-0.2, -0.15) is 0 Å². The predicted octanol–water partition coefficient (Wildman–Crippen LogP) is 11.3. The Balaban J connectivity index is 1.02. The molecule has 0 atom stereocenters. The van der Waals surface area contributed by atoms with Crippen LogP contribution in [-0.4, -0.2) is 0 Å². The topological polar surface area (TPSA) is 50.3 Å². The van der Waals surface area contributed by atoms with Crippen molar-refractivity contribution in [2.24, 2.45) is 0 Å². The average Bonchev–Trinajstić information content (AvgIpc) is 3.62. The molecule has 0 aliphatic carbocycles. The van der Waals surface area contributed by atoms with E-state index in [1.165, 1.54) is 11.1 Å². The van der Waals surface area contributed by atoms with E-state index < -0.39 is 0 Å². The molecule has 2 heterocycles. The van der Waals surface area contributed by atoms with Gasteiger partial charge in [-0.3, -0.25) is 0 Å². The molecule has 0 saturated carbocycles. The second-order valence-corrected chi connectivity index (χ2v) is 11.6. The molecule has 4 nitrogen and oxygen atoms in total. The minimum absolute atomic E-state index is 0.172. The zero-order valence-corrected chi connectivity index (χ0v) is 24.0. The zero-order chi connectivity index (χ0) is 29.0. The summed E-state index contributed by atoms with van der Waals surface area (Å²) >= 11 is 0. The van der Waals surface area contributed by atoms with E-state index >= 15 is 0 Å². The summed E-state index contributed by atoms with van der Waals surface area (Å²) in [6.45, 7) is 4.53. The number of furan rings is 2. The molecule has 8 aromatic rings. The van der Waals surface area contributed by atoms with Crippen molar-refractivity contribution in [3.05, 3.63) is 145 Å². The van der Waals surface area contributed by atoms with Gasteiger partial charge in [-0.05, 0) is 59.7 Å². The van der Waals surface area contributed by atoms with Crippen LogP contribution < -0.4 is 10.6 Å². The number of para-hydroxylation sites is 4. The smallest absolute Gasteiger partial charge is 0.158 e. The number of hydrogen-bond donors (Lipinski definition) is 2. The molecule has 2 aromatic heterocycles. The van der Waals surface area contributed by atoms with Crippen LogP contribution in [0.5, 0.6) is 0 Å². The van der Waals surface area contributed by atoms with Gasteiger partial charge in [0.2, 0.25) is 0 Å². The quantitative estimate of drug-likeness (QED) is 0.213. The first-order chi connectivity index (χ1) is 21.0. The van der Waals surface area contributed by atoms with E-state index in [0.717, 1.165) is 66.6 Å². The fourth-order valence-electron chi connectivity index (χ4n) is 6.11. The maximum Gasteiger partial charge on any atom is 0.158 e. The molecule has 0 aliphatic rings. The van der Waals surface area contributed by atoms with E-state index in [1.807, 2.05) is 36.4 Å². The molecule has 0 unspecified atom stereocenters. The number of fused-ring (bicyclic) bond motifs is 6. The van der Waals surface area contributed by atoms with Crippen LogP contribution in [0.4, 0.5) is 22.7 Å². The Morgan fingerprint density at radius 3 is 1.26 bits per heavy atom. The Kier molecular flexibility index (Phi) is 5.76. The van der Waals surface area contributed by atoms with Gasteiger partial charge in [0, 0.05) is 38.3 Å². The second-order valence-electron chi connectivity index (χ2n) is 11.6. The first-order valence-electron chi connectivity index (χ1n) is 14.6. The highest BCUT2D eigenvalue weighted by atomic mass is 16.3. The first-order valence-corrected chi connectivity index (χ1v) is 14.6. The van der Waals surface area contributed by atoms with E-state index in [0.29, 0.717) is 0 Å². The van der Waals surface area contributed by atoms with Crippen molar-refractivity contribution in [1.29, 1.82) is 0 Å². The third-order valence-electron chi connectivity index (χ3n) is 8.58. The van der Waals surface area contributed by atoms with Crippen molar-refractivity contribution in [2.45, 2.75) is 19.3 Å². The number of nitrogens with one attached hydrogen (secondary N) is 2. The maximum atomic E-state index is 6.20. The van der Waals surface area contributed by atoms with Crippen LogP contribution in [0.2, 0.25) is 0 Å². The van der Waals surface area contributed by atoms with E-state index in [2.05, 4.69) is 122 Å². The summed E-state index contributed by atoms with van der Waals surface area (Å²) in [6, 6.07) is 46.2. The Labute approximate surface area is 249 Å². The number of anilines is 4. The van der Waals surface area contributed by atoms with Crippen molar-refractivity contribution < 1.29 is 8.83 Å². The molecule has 0 bridgehead atoms. The lowest BCUT2D eigenvalue weighted by molar-refractivity contribution is 0.641. The van der Waals surface area contributed by atoms with E-state index in [4.69, 9.17) is 8.83 Å². The van der Waals surface area contributed by atoms with Gasteiger partial charge in [0.15, 0.2) is 11.2 Å². The fourth-order valence-corrected chi connectivity index (χ4v) is 6.11. The molecule has 8 rings (SSSR count). The molecule has 2 N–H and O–H groups in total. The number of rotatable bonds is 6. The SMILES string of the molecule is CC(C)(c1ccc(Nc2cccc3c2oc2ccccc23)cc1)c1ccc(Nc2cccc3c2oc2ccccc23)cc1. The van der Waals surface area contributed by atoms with E-state index in [-0.39, 0.29) is 5.41 Å². The molecular weight excluding hydrogens is 528 g/mol. The van der Waals surface area contributed by atoms with Crippen LogP contribution >= 0.6 is 0 Å². The minimum atomic E-state index is -0.172. The van der Waals surface area contributed by atoms with Crippen LogP contribution in [0.15, 0.2) is 142 Å². The maximum absolute atomic E-state index is 6.20. The van der Waals surface area contributed by atoms with Crippen LogP contribution in [0.1, 0.15) is 25.0 Å². The lowest BCUT2D eigenvalue weighted by Crippen LogP contribution is -2.18. The molecule has 208 valence electrons. The Morgan fingerprint density at radius 2 is 0.814 bits per heavy atom. The van der Waals surface area contributed by atoms with Crippen LogP contribution in [-0.2, 0) is 5.41 Å². The highest BCUT2D eigenvalue weighted by Gasteiger charge is 2.23. The van der Waals surface area contributed by atoms with E-state index in [1.54, 1.807) is 0 Å². The van der Waals surface area contributed by atoms with Crippen molar-refractivity contribution >= 4 is 66.6 Å². The fraction of sp³-hybridized carbons (Fsp3) is 0.0769. The highest BCUT2D eigenvalue weighted by Crippen LogP contribution is 2.38. The van der Waals surface area contributed by atoms with Gasteiger partial charge in [-0.15, -0.1) is 0 Å². The normalized spacial score (nSPS) is 12.0. The van der Waals surface area contributed by atoms with Gasteiger partial charge >= 0.3 is 0 Å². The summed E-state index contributed by atoms with van der Waals surface area (Å²) in [7, 11) is 0. The predicted molar refractivity (Wildman–Crippen MR) is 179 cm³/mol. The Hall–Kier alpha value is -5.48. The summed E-state index contributed by atoms with van der Waals surface area (Å²) in [6.07, 6.45) is 0. The standard InChI is InChI=1S/C39H30N2O2/c1-39(2,25-17-21-27(22-18-25)40-33-13-7-11-31-29-9-3-5-15-35(29)42-37(31)33)26-19-23-28(24-20-26)41-34-14-8-12-32-30-10-4-6-16-36(30)43-38(32)34/h3-24,40-41H,1-2H3. The summed E-state index contributed by atoms with van der Waals surface area (Å²) in [5.41, 5.74) is 9.82. The summed E-state index contributed by atoms with van der Waals surface area (Å²) in [5.74, 6) is 0. The van der Waals surface area contributed by atoms with Gasteiger partial charge in [0.05, 0.1) is 11.4 Å². The van der Waals surface area contributed by atoms with Gasteiger partial charge in [-0.1, -0.05) is 98.8 Å². The van der Waals surface area contributed by atoms with Gasteiger partial charge in [-0.25, -0.2) is 0 Å². The molecule has 6 aromatic carbocycles. The zero-order valence-electron chi connectivity index (χ0n) is 24.0. The van der Waals surface area contributed by atoms with Crippen LogP contribution in [0, 0.1) is 0 Å². The third-order valence-corrected chi connectivity index (χ3v) is 8.58. The Bertz CT molecular complexity index is 2090. The Morgan fingerprint density at radius 1 is 0.419 bits per heavy atom. The molecule has 0 saturated heterocycles. The van der Waals surface area contributed by atoms with Gasteiger partial charge in [0.25, 0.3) is 0 Å². The number of benzene rings is 6. The highest BCUT2D eigenvalue weighted by molar-refractivity contribution is 6.10. The molecule has 0 fully saturated rings. The summed E-state index contributed by atoms with van der Waals surface area (Å²) in [4.78, 5) is 0. The van der Waals surface area contributed by atoms with E-state index in [9.17, 15) is 0 Å². The number of hydrogen-bond acceptors (Lipinski definition) is 4. The van der Waals surface area contributed by atoms with Crippen LogP contribution in [0.3, 0.4) is 0 Å². The minimum Gasteiger partial charge on any atom is -0.454 e. The lowest BCUT2D eigenvalue weighted by Gasteiger charge is -2.26. The monoisotopic (exact) mass is 558 g/mol. The molecule has 0 spiro atoms. The van der Waals surface area contributed by atoms with Crippen molar-refractivity contribution in [1.82, 2.24) is 0 Å². The lowest BCUT2D eigenvalue weighted by atomic mass is 9.78. The average molecular weight is 559 g/mol. The van der Waals surface area contributed by atoms with Crippen molar-refractivity contribution in [3.8, 4) is 0 Å². The largest absolute Gasteiger partial charge is 0.454 e. The van der Waals surface area contributed by atoms with Crippen molar-refractivity contribution in [3.63, 3.8) is 0 Å². The van der Waals surface area contributed by atoms with Crippen molar-refractivity contribution in [2.75, 3.05) is 10.6 Å². The van der Waals surface area contributed by atoms with Gasteiger partial charge < -0.3 is 19.5 Å². The molecule has 0 radical (unpaired) electrons. The molecule has 0 aliphatic heterocycles. The molecular formula is C39H30N2O2. The molecule has 0 amide bonds. The summed E-state index contributed by atoms with van der Waals surface area (Å²) in [5, 5.41) is 11.6. The summed E-state index contributed by atoms with van der Waals surface area (Å²) < 4.78 is 12.4. The van der Waals surface area contributed by atoms with Gasteiger partial charge in [0.1, 0.15) is 11.2 Å². The van der Waals surface area contributed by atoms with Crippen LogP contribution in [0.25, 0.3) is 43.9 Å². The first kappa shape index (κ1) is 25.2. The molecule has 4 heteroatoms. The molecule has 43 heavy (non-hydrogen) atoms.